The van der Waals surface area contributed by atoms with E-state index in [4.69, 9.17) is 15.2 Å². The maximum Gasteiger partial charge on any atom is 0.239 e. The van der Waals surface area contributed by atoms with E-state index in [2.05, 4.69) is 0 Å². The van der Waals surface area contributed by atoms with Crippen LogP contribution in [0.15, 0.2) is 48.5 Å². The Morgan fingerprint density at radius 2 is 1.80 bits per heavy atom. The Morgan fingerprint density at radius 3 is 2.40 bits per heavy atom. The van der Waals surface area contributed by atoms with Gasteiger partial charge in [0.05, 0.1) is 13.2 Å². The van der Waals surface area contributed by atoms with Gasteiger partial charge in [0.25, 0.3) is 0 Å². The summed E-state index contributed by atoms with van der Waals surface area (Å²) in [7, 11) is 3.34. The molecule has 0 aromatic heterocycles. The van der Waals surface area contributed by atoms with Crippen molar-refractivity contribution in [1.29, 1.82) is 0 Å². The van der Waals surface area contributed by atoms with Gasteiger partial charge in [0, 0.05) is 13.6 Å². The number of carbonyl (C=O) groups is 1. The summed E-state index contributed by atoms with van der Waals surface area (Å²) in [5.74, 6) is 1.22. The molecule has 1 atom stereocenters. The van der Waals surface area contributed by atoms with Crippen molar-refractivity contribution >= 4 is 18.3 Å². The van der Waals surface area contributed by atoms with Gasteiger partial charge in [-0.1, -0.05) is 36.4 Å². The third-order valence-electron chi connectivity index (χ3n) is 3.65. The molecule has 136 valence electrons. The molecule has 0 spiro atoms. The number of likely N-dealkylation sites (N-methyl/N-ethyl adjacent to an activating group) is 1. The molecule has 2 aromatic carbocycles. The van der Waals surface area contributed by atoms with Crippen LogP contribution in [0.3, 0.4) is 0 Å². The molecule has 0 aliphatic rings. The minimum Gasteiger partial charge on any atom is -0.493 e. The zero-order chi connectivity index (χ0) is 17.5. The van der Waals surface area contributed by atoms with Crippen LogP contribution in [-0.2, 0) is 17.9 Å². The highest BCUT2D eigenvalue weighted by molar-refractivity contribution is 5.85. The van der Waals surface area contributed by atoms with E-state index in [9.17, 15) is 4.79 Å². The Balaban J connectivity index is 0.00000312. The maximum atomic E-state index is 11.9. The van der Waals surface area contributed by atoms with E-state index in [-0.39, 0.29) is 18.3 Å². The number of amides is 1. The number of benzene rings is 2. The molecule has 0 radical (unpaired) electrons. The molecule has 0 saturated carbocycles. The highest BCUT2D eigenvalue weighted by atomic mass is 35.5. The first-order valence-corrected chi connectivity index (χ1v) is 7.85. The molecular formula is C19H25ClN2O3. The van der Waals surface area contributed by atoms with Gasteiger partial charge in [-0.25, -0.2) is 0 Å². The number of hydrogen-bond acceptors (Lipinski definition) is 4. The fraction of sp³-hybridized carbons (Fsp3) is 0.316. The monoisotopic (exact) mass is 364 g/mol. The number of ether oxygens (including phenoxy) is 2. The molecule has 6 heteroatoms. The van der Waals surface area contributed by atoms with Gasteiger partial charge in [-0.3, -0.25) is 4.79 Å². The van der Waals surface area contributed by atoms with Crippen molar-refractivity contribution in [3.63, 3.8) is 0 Å². The highest BCUT2D eigenvalue weighted by Gasteiger charge is 2.14. The summed E-state index contributed by atoms with van der Waals surface area (Å²) in [5, 5.41) is 0. The van der Waals surface area contributed by atoms with Gasteiger partial charge in [-0.05, 0) is 30.2 Å². The summed E-state index contributed by atoms with van der Waals surface area (Å²) in [6.45, 7) is 2.62. The Kier molecular flexibility index (Phi) is 8.25. The van der Waals surface area contributed by atoms with Crippen LogP contribution in [0.25, 0.3) is 0 Å². The van der Waals surface area contributed by atoms with Gasteiger partial charge < -0.3 is 20.1 Å². The predicted molar refractivity (Wildman–Crippen MR) is 101 cm³/mol. The number of carbonyl (C=O) groups excluding carboxylic acids is 1. The van der Waals surface area contributed by atoms with E-state index < -0.39 is 6.04 Å². The molecular weight excluding hydrogens is 340 g/mol. The average Bonchev–Trinajstić information content (AvgIpc) is 2.60. The van der Waals surface area contributed by atoms with Crippen molar-refractivity contribution in [1.82, 2.24) is 4.90 Å². The minimum atomic E-state index is -0.509. The van der Waals surface area contributed by atoms with E-state index in [0.29, 0.717) is 24.7 Å². The molecule has 0 aliphatic heterocycles. The molecule has 0 fully saturated rings. The fourth-order valence-electron chi connectivity index (χ4n) is 2.36. The standard InChI is InChI=1S/C19H24N2O3.ClH/c1-14(20)19(22)21(2)12-16-9-10-17(18(11-16)23-3)24-13-15-7-5-4-6-8-15;/h4-11,14H,12-13,20H2,1-3H3;1H/t14-;/m1./s1. The molecule has 0 unspecified atom stereocenters. The Morgan fingerprint density at radius 1 is 1.12 bits per heavy atom. The largest absolute Gasteiger partial charge is 0.493 e. The van der Waals surface area contributed by atoms with Gasteiger partial charge in [-0.2, -0.15) is 0 Å². The summed E-state index contributed by atoms with van der Waals surface area (Å²) in [6.07, 6.45) is 0. The van der Waals surface area contributed by atoms with Crippen molar-refractivity contribution < 1.29 is 14.3 Å². The predicted octanol–water partition coefficient (Wildman–Crippen LogP) is 3.00. The maximum absolute atomic E-state index is 11.9. The molecule has 0 saturated heterocycles. The summed E-state index contributed by atoms with van der Waals surface area (Å²) >= 11 is 0. The molecule has 2 N–H and O–H groups in total. The van der Waals surface area contributed by atoms with Gasteiger partial charge >= 0.3 is 0 Å². The second-order valence-corrected chi connectivity index (χ2v) is 5.74. The zero-order valence-electron chi connectivity index (χ0n) is 14.8. The number of hydrogen-bond donors (Lipinski definition) is 1. The van der Waals surface area contributed by atoms with Crippen LogP contribution >= 0.6 is 12.4 Å². The normalized spacial score (nSPS) is 11.2. The van der Waals surface area contributed by atoms with Crippen molar-refractivity contribution in [2.45, 2.75) is 26.1 Å². The van der Waals surface area contributed by atoms with Gasteiger partial charge in [0.1, 0.15) is 6.61 Å². The summed E-state index contributed by atoms with van der Waals surface area (Å²) in [5.41, 5.74) is 7.67. The van der Waals surface area contributed by atoms with Crippen LogP contribution in [0.4, 0.5) is 0 Å². The minimum absolute atomic E-state index is 0. The first-order chi connectivity index (χ1) is 11.5. The van der Waals surface area contributed by atoms with Crippen LogP contribution < -0.4 is 15.2 Å². The quantitative estimate of drug-likeness (QED) is 0.820. The molecule has 0 aliphatic carbocycles. The SMILES string of the molecule is COc1cc(CN(C)C(=O)[C@@H](C)N)ccc1OCc1ccccc1.Cl. The van der Waals surface area contributed by atoms with E-state index in [1.807, 2.05) is 48.5 Å². The first kappa shape index (κ1) is 20.8. The molecule has 5 nitrogen and oxygen atoms in total. The smallest absolute Gasteiger partial charge is 0.239 e. The van der Waals surface area contributed by atoms with E-state index in [0.717, 1.165) is 11.1 Å². The van der Waals surface area contributed by atoms with Crippen LogP contribution in [-0.4, -0.2) is 31.0 Å². The number of methoxy groups -OCH3 is 1. The number of nitrogens with zero attached hydrogens (tertiary/aromatic N) is 1. The van der Waals surface area contributed by atoms with Crippen molar-refractivity contribution in [3.8, 4) is 11.5 Å². The molecule has 2 rings (SSSR count). The number of rotatable bonds is 7. The van der Waals surface area contributed by atoms with Gasteiger partial charge in [0.2, 0.25) is 5.91 Å². The summed E-state index contributed by atoms with van der Waals surface area (Å²) in [4.78, 5) is 13.5. The van der Waals surface area contributed by atoms with Crippen LogP contribution in [0.2, 0.25) is 0 Å². The lowest BCUT2D eigenvalue weighted by Crippen LogP contribution is -2.39. The lowest BCUT2D eigenvalue weighted by atomic mass is 10.1. The molecule has 25 heavy (non-hydrogen) atoms. The van der Waals surface area contributed by atoms with Crippen molar-refractivity contribution in [2.24, 2.45) is 5.73 Å². The third kappa shape index (κ3) is 5.96. The number of nitrogens with two attached hydrogens (primary N) is 1. The molecule has 0 heterocycles. The molecule has 1 amide bonds. The van der Waals surface area contributed by atoms with E-state index in [1.54, 1.807) is 26.0 Å². The van der Waals surface area contributed by atoms with Crippen LogP contribution in [0, 0.1) is 0 Å². The molecule has 0 bridgehead atoms. The highest BCUT2D eigenvalue weighted by Crippen LogP contribution is 2.29. The second-order valence-electron chi connectivity index (χ2n) is 5.74. The van der Waals surface area contributed by atoms with Gasteiger partial charge in [0.15, 0.2) is 11.5 Å². The van der Waals surface area contributed by atoms with Gasteiger partial charge in [-0.15, -0.1) is 12.4 Å². The topological polar surface area (TPSA) is 64.8 Å². The third-order valence-corrected chi connectivity index (χ3v) is 3.65. The Labute approximate surface area is 155 Å². The lowest BCUT2D eigenvalue weighted by molar-refractivity contribution is -0.131. The average molecular weight is 365 g/mol. The van der Waals surface area contributed by atoms with Crippen molar-refractivity contribution in [2.75, 3.05) is 14.2 Å². The van der Waals surface area contributed by atoms with E-state index >= 15 is 0 Å². The van der Waals surface area contributed by atoms with Crippen molar-refractivity contribution in [3.05, 3.63) is 59.7 Å². The van der Waals surface area contributed by atoms with E-state index in [1.165, 1.54) is 0 Å². The Bertz CT molecular complexity index is 678. The zero-order valence-corrected chi connectivity index (χ0v) is 15.6. The lowest BCUT2D eigenvalue weighted by Gasteiger charge is -2.20. The Hall–Kier alpha value is -2.24. The second kappa shape index (κ2) is 9.91. The summed E-state index contributed by atoms with van der Waals surface area (Å²) in [6, 6.07) is 15.1. The first-order valence-electron chi connectivity index (χ1n) is 7.85. The fourth-order valence-corrected chi connectivity index (χ4v) is 2.36. The number of halogens is 1. The van der Waals surface area contributed by atoms with Crippen LogP contribution in [0.5, 0.6) is 11.5 Å². The van der Waals surface area contributed by atoms with Crippen LogP contribution in [0.1, 0.15) is 18.1 Å². The molecule has 2 aromatic rings. The summed E-state index contributed by atoms with van der Waals surface area (Å²) < 4.78 is 11.2.